The Labute approximate surface area is 109 Å². The van der Waals surface area contributed by atoms with Crippen molar-refractivity contribution in [3.05, 3.63) is 23.8 Å². The molecule has 1 rings (SSSR count). The molecule has 0 spiro atoms. The number of rotatable bonds is 6. The molecule has 0 aliphatic heterocycles. The van der Waals surface area contributed by atoms with Crippen LogP contribution in [-0.4, -0.2) is 27.4 Å². The maximum absolute atomic E-state index is 12.4. The second-order valence-electron chi connectivity index (χ2n) is 4.43. The van der Waals surface area contributed by atoms with Crippen LogP contribution in [0.1, 0.15) is 25.8 Å². The Morgan fingerprint density at radius 1 is 1.39 bits per heavy atom. The Morgan fingerprint density at radius 3 is 2.61 bits per heavy atom. The van der Waals surface area contributed by atoms with Crippen LogP contribution in [0, 0.1) is 0 Å². The third kappa shape index (κ3) is 3.23. The minimum Gasteiger partial charge on any atom is -0.399 e. The first-order chi connectivity index (χ1) is 8.43. The zero-order valence-electron chi connectivity index (χ0n) is 11.1. The lowest BCUT2D eigenvalue weighted by molar-refractivity contribution is 0.200. The third-order valence-corrected chi connectivity index (χ3v) is 5.05. The first-order valence-electron chi connectivity index (χ1n) is 6.04. The van der Waals surface area contributed by atoms with E-state index in [0.717, 1.165) is 12.0 Å². The van der Waals surface area contributed by atoms with Crippen LogP contribution >= 0.6 is 0 Å². The van der Waals surface area contributed by atoms with E-state index in [1.165, 1.54) is 7.11 Å². The van der Waals surface area contributed by atoms with E-state index in [0.29, 0.717) is 17.0 Å². The van der Waals surface area contributed by atoms with Crippen LogP contribution < -0.4 is 5.73 Å². The van der Waals surface area contributed by atoms with Gasteiger partial charge in [0.15, 0.2) is 9.84 Å². The number of benzene rings is 1. The molecule has 0 unspecified atom stereocenters. The van der Waals surface area contributed by atoms with Gasteiger partial charge in [-0.3, -0.25) is 0 Å². The van der Waals surface area contributed by atoms with Crippen molar-refractivity contribution in [1.29, 1.82) is 0 Å². The Balaban J connectivity index is 3.23. The molecule has 0 radical (unpaired) electrons. The van der Waals surface area contributed by atoms with Crippen LogP contribution in [0.2, 0.25) is 0 Å². The van der Waals surface area contributed by atoms with E-state index in [1.807, 2.05) is 6.92 Å². The standard InChI is InChI=1S/C13H21NO3S/c1-4-5-11-8-12(14)6-7-13(11)18(15,16)10(2)9-17-3/h6-8,10H,4-5,9,14H2,1-3H3/t10-/m0/s1. The van der Waals surface area contributed by atoms with Crippen LogP contribution in [-0.2, 0) is 21.0 Å². The zero-order chi connectivity index (χ0) is 13.8. The van der Waals surface area contributed by atoms with Gasteiger partial charge in [-0.2, -0.15) is 0 Å². The molecule has 0 fully saturated rings. The van der Waals surface area contributed by atoms with Crippen molar-refractivity contribution in [2.24, 2.45) is 0 Å². The van der Waals surface area contributed by atoms with Crippen molar-refractivity contribution in [1.82, 2.24) is 0 Å². The van der Waals surface area contributed by atoms with Gasteiger partial charge >= 0.3 is 0 Å². The number of sulfone groups is 1. The zero-order valence-corrected chi connectivity index (χ0v) is 12.0. The summed E-state index contributed by atoms with van der Waals surface area (Å²) in [5.74, 6) is 0. The van der Waals surface area contributed by atoms with Crippen molar-refractivity contribution >= 4 is 15.5 Å². The largest absolute Gasteiger partial charge is 0.399 e. The molecule has 0 aromatic heterocycles. The van der Waals surface area contributed by atoms with Crippen molar-refractivity contribution in [3.63, 3.8) is 0 Å². The Hall–Kier alpha value is -1.07. The van der Waals surface area contributed by atoms with Crippen molar-refractivity contribution in [3.8, 4) is 0 Å². The van der Waals surface area contributed by atoms with Crippen LogP contribution in [0.15, 0.2) is 23.1 Å². The smallest absolute Gasteiger partial charge is 0.183 e. The minimum absolute atomic E-state index is 0.193. The number of nitrogen functional groups attached to an aromatic ring is 1. The molecule has 4 nitrogen and oxygen atoms in total. The number of ether oxygens (including phenoxy) is 1. The number of methoxy groups -OCH3 is 1. The Morgan fingerprint density at radius 2 is 2.06 bits per heavy atom. The highest BCUT2D eigenvalue weighted by molar-refractivity contribution is 7.92. The summed E-state index contributed by atoms with van der Waals surface area (Å²) in [6, 6.07) is 4.98. The van der Waals surface area contributed by atoms with Gasteiger partial charge in [0.2, 0.25) is 0 Å². The maximum atomic E-state index is 12.4. The lowest BCUT2D eigenvalue weighted by atomic mass is 10.1. The lowest BCUT2D eigenvalue weighted by Gasteiger charge is -2.15. The molecule has 18 heavy (non-hydrogen) atoms. The fraction of sp³-hybridized carbons (Fsp3) is 0.538. The number of nitrogens with two attached hydrogens (primary N) is 1. The minimum atomic E-state index is -3.35. The Bertz CT molecular complexity index is 497. The average Bonchev–Trinajstić information content (AvgIpc) is 2.29. The van der Waals surface area contributed by atoms with Gasteiger partial charge in [0.05, 0.1) is 16.8 Å². The first-order valence-corrected chi connectivity index (χ1v) is 7.59. The van der Waals surface area contributed by atoms with Gasteiger partial charge in [-0.25, -0.2) is 8.42 Å². The normalized spacial score (nSPS) is 13.5. The SMILES string of the molecule is CCCc1cc(N)ccc1S(=O)(=O)[C@@H](C)COC. The average molecular weight is 271 g/mol. The molecule has 5 heteroatoms. The van der Waals surface area contributed by atoms with Crippen LogP contribution in [0.5, 0.6) is 0 Å². The van der Waals surface area contributed by atoms with Gasteiger partial charge in [0.25, 0.3) is 0 Å². The van der Waals surface area contributed by atoms with E-state index in [4.69, 9.17) is 10.5 Å². The first kappa shape index (κ1) is 15.0. The fourth-order valence-electron chi connectivity index (χ4n) is 1.88. The molecular formula is C13H21NO3S. The van der Waals surface area contributed by atoms with Crippen LogP contribution in [0.4, 0.5) is 5.69 Å². The maximum Gasteiger partial charge on any atom is 0.183 e. The highest BCUT2D eigenvalue weighted by Gasteiger charge is 2.25. The second-order valence-corrected chi connectivity index (χ2v) is 6.76. The number of hydrogen-bond donors (Lipinski definition) is 1. The molecule has 1 atom stereocenters. The quantitative estimate of drug-likeness (QED) is 0.804. The molecule has 0 saturated carbocycles. The molecular weight excluding hydrogens is 250 g/mol. The van der Waals surface area contributed by atoms with Crippen molar-refractivity contribution in [2.45, 2.75) is 36.8 Å². The second kappa shape index (κ2) is 6.20. The molecule has 102 valence electrons. The van der Waals surface area contributed by atoms with Crippen LogP contribution in [0.25, 0.3) is 0 Å². The van der Waals surface area contributed by atoms with E-state index in [1.54, 1.807) is 25.1 Å². The van der Waals surface area contributed by atoms with E-state index >= 15 is 0 Å². The summed E-state index contributed by atoms with van der Waals surface area (Å²) in [5.41, 5.74) is 7.10. The predicted octanol–water partition coefficient (Wildman–Crippen LogP) is 2.03. The van der Waals surface area contributed by atoms with Gasteiger partial charge < -0.3 is 10.5 Å². The summed E-state index contributed by atoms with van der Waals surface area (Å²) < 4.78 is 29.7. The number of anilines is 1. The van der Waals surface area contributed by atoms with E-state index in [2.05, 4.69) is 0 Å². The van der Waals surface area contributed by atoms with Gasteiger partial charge in [-0.05, 0) is 37.1 Å². The summed E-state index contributed by atoms with van der Waals surface area (Å²) in [7, 11) is -1.85. The molecule has 0 aliphatic carbocycles. The number of hydrogen-bond acceptors (Lipinski definition) is 4. The fourth-order valence-corrected chi connectivity index (χ4v) is 3.42. The summed E-state index contributed by atoms with van der Waals surface area (Å²) in [5, 5.41) is -0.554. The molecule has 0 amide bonds. The summed E-state index contributed by atoms with van der Waals surface area (Å²) >= 11 is 0. The van der Waals surface area contributed by atoms with E-state index < -0.39 is 15.1 Å². The summed E-state index contributed by atoms with van der Waals surface area (Å²) in [6.45, 7) is 3.86. The highest BCUT2D eigenvalue weighted by Crippen LogP contribution is 2.24. The molecule has 1 aromatic carbocycles. The molecule has 0 bridgehead atoms. The van der Waals surface area contributed by atoms with E-state index in [9.17, 15) is 8.42 Å². The van der Waals surface area contributed by atoms with Gasteiger partial charge in [-0.1, -0.05) is 13.3 Å². The lowest BCUT2D eigenvalue weighted by Crippen LogP contribution is -2.24. The predicted molar refractivity (Wildman–Crippen MR) is 73.4 cm³/mol. The molecule has 1 aromatic rings. The molecule has 0 heterocycles. The number of aryl methyl sites for hydroxylation is 1. The molecule has 0 aliphatic rings. The summed E-state index contributed by atoms with van der Waals surface area (Å²) in [4.78, 5) is 0.378. The van der Waals surface area contributed by atoms with E-state index in [-0.39, 0.29) is 6.61 Å². The Kier molecular flexibility index (Phi) is 5.16. The molecule has 2 N–H and O–H groups in total. The van der Waals surface area contributed by atoms with Crippen LogP contribution in [0.3, 0.4) is 0 Å². The van der Waals surface area contributed by atoms with Crippen molar-refractivity contribution < 1.29 is 13.2 Å². The van der Waals surface area contributed by atoms with Gasteiger partial charge in [0.1, 0.15) is 0 Å². The third-order valence-electron chi connectivity index (χ3n) is 2.84. The van der Waals surface area contributed by atoms with Gasteiger partial charge in [-0.15, -0.1) is 0 Å². The van der Waals surface area contributed by atoms with Gasteiger partial charge in [0, 0.05) is 12.8 Å². The topological polar surface area (TPSA) is 69.4 Å². The highest BCUT2D eigenvalue weighted by atomic mass is 32.2. The van der Waals surface area contributed by atoms with Crippen molar-refractivity contribution in [2.75, 3.05) is 19.5 Å². The monoisotopic (exact) mass is 271 g/mol. The summed E-state index contributed by atoms with van der Waals surface area (Å²) in [6.07, 6.45) is 1.59. The molecule has 0 saturated heterocycles.